The van der Waals surface area contributed by atoms with E-state index in [0.717, 1.165) is 14.9 Å². The largest absolute Gasteiger partial charge is 0.463 e. The van der Waals surface area contributed by atoms with Crippen molar-refractivity contribution in [3.8, 4) is 11.3 Å². The minimum atomic E-state index is -0.593. The highest BCUT2D eigenvalue weighted by Crippen LogP contribution is 2.33. The fraction of sp³-hybridized carbons (Fsp3) is 0.160. The molecular weight excluding hydrogens is 572 g/mol. The molecule has 0 fully saturated rings. The summed E-state index contributed by atoms with van der Waals surface area (Å²) in [5.74, 6) is 0.693. The van der Waals surface area contributed by atoms with E-state index in [1.54, 1.807) is 30.6 Å². The van der Waals surface area contributed by atoms with E-state index in [1.807, 2.05) is 41.8 Å². The van der Waals surface area contributed by atoms with E-state index in [1.165, 1.54) is 22.7 Å². The summed E-state index contributed by atoms with van der Waals surface area (Å²) in [7, 11) is 0. The van der Waals surface area contributed by atoms with Gasteiger partial charge in [-0.25, -0.2) is 9.79 Å². The monoisotopic (exact) mass is 588 g/mol. The van der Waals surface area contributed by atoms with Crippen molar-refractivity contribution >= 4 is 62.2 Å². The third-order valence-corrected chi connectivity index (χ3v) is 8.57. The molecule has 0 spiro atoms. The van der Waals surface area contributed by atoms with Crippen molar-refractivity contribution in [2.24, 2.45) is 4.99 Å². The third kappa shape index (κ3) is 4.49. The number of carbonyl (C=O) groups excluding carboxylic acids is 1. The summed E-state index contributed by atoms with van der Waals surface area (Å²) in [4.78, 5) is 32.4. The molecule has 0 aliphatic carbocycles. The number of carbonyl (C=O) groups is 1. The number of hydrogen-bond donors (Lipinski definition) is 0. The molecule has 1 aliphatic heterocycles. The molecule has 0 radical (unpaired) electrons. The van der Waals surface area contributed by atoms with E-state index < -0.39 is 12.0 Å². The Balaban J connectivity index is 1.61. The molecule has 0 unspecified atom stereocenters. The predicted molar refractivity (Wildman–Crippen MR) is 142 cm³/mol. The van der Waals surface area contributed by atoms with Crippen LogP contribution in [0.15, 0.2) is 77.8 Å². The van der Waals surface area contributed by atoms with Crippen LogP contribution in [0.2, 0.25) is 5.02 Å². The van der Waals surface area contributed by atoms with Gasteiger partial charge in [-0.05, 0) is 65.5 Å². The van der Waals surface area contributed by atoms with Gasteiger partial charge in [-0.15, -0.1) is 11.3 Å². The van der Waals surface area contributed by atoms with Crippen LogP contribution in [0.5, 0.6) is 0 Å². The summed E-state index contributed by atoms with van der Waals surface area (Å²) in [6.45, 7) is 3.76. The quantitative estimate of drug-likeness (QED) is 0.287. The molecule has 5 rings (SSSR count). The number of nitrogens with zero attached hydrogens (tertiary/aromatic N) is 2. The Morgan fingerprint density at radius 1 is 1.31 bits per heavy atom. The average Bonchev–Trinajstić information content (AvgIpc) is 3.57. The lowest BCUT2D eigenvalue weighted by Gasteiger charge is -2.23. The number of thiophene rings is 1. The lowest BCUT2D eigenvalue weighted by molar-refractivity contribution is -0.139. The highest BCUT2D eigenvalue weighted by molar-refractivity contribution is 9.10. The fourth-order valence-corrected chi connectivity index (χ4v) is 6.15. The molecule has 0 saturated heterocycles. The SMILES string of the molecule is CCOC(=O)C1=C(C)N=c2sc(=Cc3ccc(-c4ccc(Br)c(Cl)c4)o3)c(=O)n2[C@H]1c1cccs1. The molecule has 1 aromatic carbocycles. The highest BCUT2D eigenvalue weighted by Gasteiger charge is 2.33. The van der Waals surface area contributed by atoms with Gasteiger partial charge < -0.3 is 9.15 Å². The topological polar surface area (TPSA) is 73.8 Å². The minimum absolute atomic E-state index is 0.238. The van der Waals surface area contributed by atoms with Crippen LogP contribution < -0.4 is 14.9 Å². The first-order valence-electron chi connectivity index (χ1n) is 10.7. The summed E-state index contributed by atoms with van der Waals surface area (Å²) in [5.41, 5.74) is 1.50. The van der Waals surface area contributed by atoms with Crippen molar-refractivity contribution in [1.82, 2.24) is 4.57 Å². The first-order chi connectivity index (χ1) is 16.9. The number of thiazole rings is 1. The van der Waals surface area contributed by atoms with Gasteiger partial charge in [0.15, 0.2) is 4.80 Å². The maximum absolute atomic E-state index is 13.6. The van der Waals surface area contributed by atoms with Gasteiger partial charge in [0.25, 0.3) is 5.56 Å². The Hall–Kier alpha value is -2.72. The Kier molecular flexibility index (Phi) is 6.67. The van der Waals surface area contributed by atoms with Crippen LogP contribution in [0, 0.1) is 0 Å². The zero-order chi connectivity index (χ0) is 24.7. The minimum Gasteiger partial charge on any atom is -0.463 e. The third-order valence-electron chi connectivity index (χ3n) is 5.43. The molecule has 10 heteroatoms. The number of aromatic nitrogens is 1. The van der Waals surface area contributed by atoms with Crippen molar-refractivity contribution in [2.75, 3.05) is 6.61 Å². The molecule has 1 atom stereocenters. The number of hydrogen-bond acceptors (Lipinski definition) is 7. The number of rotatable bonds is 5. The first kappa shape index (κ1) is 24.0. The molecule has 0 saturated carbocycles. The van der Waals surface area contributed by atoms with E-state index in [4.69, 9.17) is 20.8 Å². The lowest BCUT2D eigenvalue weighted by Crippen LogP contribution is -2.39. The summed E-state index contributed by atoms with van der Waals surface area (Å²) < 4.78 is 14.1. The number of furan rings is 1. The maximum Gasteiger partial charge on any atom is 0.338 e. The van der Waals surface area contributed by atoms with Crippen LogP contribution >= 0.6 is 50.2 Å². The number of ether oxygens (including phenoxy) is 1. The predicted octanol–water partition coefficient (Wildman–Crippen LogP) is 5.54. The molecule has 35 heavy (non-hydrogen) atoms. The van der Waals surface area contributed by atoms with Crippen LogP contribution in [-0.4, -0.2) is 17.1 Å². The molecule has 0 bridgehead atoms. The number of fused-ring (bicyclic) bond motifs is 1. The summed E-state index contributed by atoms with van der Waals surface area (Å²) in [6, 6.07) is 12.4. The average molecular weight is 590 g/mol. The van der Waals surface area contributed by atoms with E-state index in [-0.39, 0.29) is 12.2 Å². The van der Waals surface area contributed by atoms with Crippen molar-refractivity contribution in [2.45, 2.75) is 19.9 Å². The Morgan fingerprint density at radius 3 is 2.86 bits per heavy atom. The maximum atomic E-state index is 13.6. The molecule has 4 heterocycles. The van der Waals surface area contributed by atoms with Crippen LogP contribution in [0.1, 0.15) is 30.5 Å². The van der Waals surface area contributed by atoms with Crippen molar-refractivity contribution in [3.63, 3.8) is 0 Å². The number of halogens is 2. The van der Waals surface area contributed by atoms with Gasteiger partial charge in [0.2, 0.25) is 0 Å². The van der Waals surface area contributed by atoms with Gasteiger partial charge in [0.05, 0.1) is 27.4 Å². The van der Waals surface area contributed by atoms with Gasteiger partial charge in [-0.1, -0.05) is 35.1 Å². The summed E-state index contributed by atoms with van der Waals surface area (Å²) in [6.07, 6.45) is 1.70. The van der Waals surface area contributed by atoms with Crippen LogP contribution in [0.3, 0.4) is 0 Å². The molecule has 0 N–H and O–H groups in total. The van der Waals surface area contributed by atoms with E-state index in [0.29, 0.717) is 37.1 Å². The molecule has 178 valence electrons. The van der Waals surface area contributed by atoms with Crippen LogP contribution in [0.4, 0.5) is 0 Å². The highest BCUT2D eigenvalue weighted by atomic mass is 79.9. The second kappa shape index (κ2) is 9.73. The normalized spacial score (nSPS) is 15.8. The van der Waals surface area contributed by atoms with E-state index in [9.17, 15) is 9.59 Å². The first-order valence-corrected chi connectivity index (χ1v) is 13.5. The number of benzene rings is 1. The molecular formula is C25H18BrClN2O4S2. The zero-order valence-electron chi connectivity index (χ0n) is 18.6. The Bertz CT molecular complexity index is 1650. The van der Waals surface area contributed by atoms with Gasteiger partial charge in [-0.3, -0.25) is 9.36 Å². The Morgan fingerprint density at radius 2 is 2.14 bits per heavy atom. The summed E-state index contributed by atoms with van der Waals surface area (Å²) >= 11 is 12.3. The number of allylic oxidation sites excluding steroid dienone is 1. The molecule has 6 nitrogen and oxygen atoms in total. The van der Waals surface area contributed by atoms with Gasteiger partial charge >= 0.3 is 5.97 Å². The van der Waals surface area contributed by atoms with E-state index in [2.05, 4.69) is 20.9 Å². The number of esters is 1. The lowest BCUT2D eigenvalue weighted by atomic mass is 10.0. The molecule has 0 amide bonds. The second-order valence-electron chi connectivity index (χ2n) is 7.65. The van der Waals surface area contributed by atoms with Crippen LogP contribution in [0.25, 0.3) is 17.4 Å². The zero-order valence-corrected chi connectivity index (χ0v) is 22.6. The molecule has 1 aliphatic rings. The van der Waals surface area contributed by atoms with Crippen molar-refractivity contribution < 1.29 is 13.9 Å². The fourth-order valence-electron chi connectivity index (χ4n) is 3.87. The van der Waals surface area contributed by atoms with E-state index >= 15 is 0 Å². The van der Waals surface area contributed by atoms with Gasteiger partial charge in [0.1, 0.15) is 17.6 Å². The molecule has 3 aromatic heterocycles. The van der Waals surface area contributed by atoms with Crippen LogP contribution in [-0.2, 0) is 9.53 Å². The van der Waals surface area contributed by atoms with Gasteiger partial charge in [-0.2, -0.15) is 0 Å². The van der Waals surface area contributed by atoms with Gasteiger partial charge in [0, 0.05) is 21.0 Å². The Labute approximate surface area is 221 Å². The van der Waals surface area contributed by atoms with Crippen molar-refractivity contribution in [1.29, 1.82) is 0 Å². The summed E-state index contributed by atoms with van der Waals surface area (Å²) in [5, 5.41) is 2.50. The standard InChI is InChI=1S/C25H18BrClN2O4S2/c1-3-32-24(31)21-13(2)28-25-29(22(21)19-5-4-10-34-19)23(30)20(35-25)12-15-7-9-18(33-15)14-6-8-16(26)17(27)11-14/h4-12,22H,3H2,1-2H3/t22-/m0/s1. The second-order valence-corrected chi connectivity index (χ2v) is 10.9. The van der Waals surface area contributed by atoms with Crippen molar-refractivity contribution in [3.05, 3.63) is 98.9 Å². The molecule has 4 aromatic rings. The smallest absolute Gasteiger partial charge is 0.338 e.